The number of Topliss-reactive ketones (excluding diaryl/α,β-unsaturated/α-hetero) is 1. The van der Waals surface area contributed by atoms with Crippen LogP contribution in [0.4, 0.5) is 18.9 Å². The molecule has 25 heavy (non-hydrogen) atoms. The monoisotopic (exact) mass is 370 g/mol. The number of nitrogens with one attached hydrogen (secondary N) is 2. The second-order valence-electron chi connectivity index (χ2n) is 6.03. The molecule has 0 aliphatic carbocycles. The van der Waals surface area contributed by atoms with Crippen molar-refractivity contribution in [3.05, 3.63) is 38.6 Å². The van der Waals surface area contributed by atoms with E-state index in [4.69, 9.17) is 18.0 Å². The van der Waals surface area contributed by atoms with Gasteiger partial charge in [0.15, 0.2) is 5.78 Å². The highest BCUT2D eigenvalue weighted by molar-refractivity contribution is 6.31. The van der Waals surface area contributed by atoms with Crippen molar-refractivity contribution in [1.29, 1.82) is 0 Å². The van der Waals surface area contributed by atoms with Crippen molar-refractivity contribution in [3.8, 4) is 12.3 Å². The van der Waals surface area contributed by atoms with Gasteiger partial charge in [-0.15, -0.1) is 6.42 Å². The summed E-state index contributed by atoms with van der Waals surface area (Å²) in [6.07, 6.45) is 0.655. The quantitative estimate of drug-likeness (QED) is 0.628. The molecule has 0 bridgehead atoms. The third kappa shape index (κ3) is 3.64. The number of carbonyl (C=O) groups excluding carboxylic acids is 1. The summed E-state index contributed by atoms with van der Waals surface area (Å²) in [4.78, 5) is 26.3. The molecule has 0 aliphatic rings. The van der Waals surface area contributed by atoms with Crippen molar-refractivity contribution in [2.45, 2.75) is 32.5 Å². The Morgan fingerprint density at radius 3 is 2.40 bits per heavy atom. The molecule has 0 amide bonds. The number of alkyl halides is 3. The lowest BCUT2D eigenvalue weighted by Gasteiger charge is -2.24. The van der Waals surface area contributed by atoms with E-state index in [2.05, 4.69) is 16.2 Å². The number of aromatic nitrogens is 1. The number of halogens is 4. The standard InChI is InChI=1S/C17H14ClF3N2O2/c1-5-16(3,4)23-14-10-6-9(18)7-11(17(19,20)21)13(10)22-15(25)12(14)8(2)24/h1,6-7H,2-4H3,(H2,22,23,25). The van der Waals surface area contributed by atoms with E-state index >= 15 is 0 Å². The molecular weight excluding hydrogens is 357 g/mol. The Hall–Kier alpha value is -2.46. The van der Waals surface area contributed by atoms with E-state index in [1.807, 2.05) is 0 Å². The Balaban J connectivity index is 3.03. The molecule has 8 heteroatoms. The molecule has 0 unspecified atom stereocenters. The van der Waals surface area contributed by atoms with Crippen LogP contribution in [0.15, 0.2) is 16.9 Å². The van der Waals surface area contributed by atoms with E-state index in [0.29, 0.717) is 6.07 Å². The maximum atomic E-state index is 13.3. The maximum absolute atomic E-state index is 13.3. The number of rotatable bonds is 3. The number of benzene rings is 1. The molecule has 0 radical (unpaired) electrons. The average molecular weight is 371 g/mol. The summed E-state index contributed by atoms with van der Waals surface area (Å²) in [6.45, 7) is 4.30. The number of terminal acetylenes is 1. The van der Waals surface area contributed by atoms with Crippen molar-refractivity contribution in [1.82, 2.24) is 4.98 Å². The van der Waals surface area contributed by atoms with Gasteiger partial charge in [0.2, 0.25) is 0 Å². The van der Waals surface area contributed by atoms with Gasteiger partial charge in [0.05, 0.1) is 22.3 Å². The summed E-state index contributed by atoms with van der Waals surface area (Å²) >= 11 is 5.83. The van der Waals surface area contributed by atoms with E-state index in [-0.39, 0.29) is 21.7 Å². The lowest BCUT2D eigenvalue weighted by molar-refractivity contribution is -0.136. The number of anilines is 1. The van der Waals surface area contributed by atoms with Gasteiger partial charge in [-0.25, -0.2) is 0 Å². The maximum Gasteiger partial charge on any atom is 0.418 e. The molecule has 1 aromatic carbocycles. The Morgan fingerprint density at radius 1 is 1.32 bits per heavy atom. The van der Waals surface area contributed by atoms with E-state index < -0.39 is 34.1 Å². The van der Waals surface area contributed by atoms with Crippen LogP contribution in [0.1, 0.15) is 36.7 Å². The largest absolute Gasteiger partial charge is 0.418 e. The number of ketones is 1. The molecule has 0 saturated carbocycles. The smallest absolute Gasteiger partial charge is 0.368 e. The van der Waals surface area contributed by atoms with Crippen LogP contribution in [0.5, 0.6) is 0 Å². The highest BCUT2D eigenvalue weighted by atomic mass is 35.5. The number of aromatic amines is 1. The summed E-state index contributed by atoms with van der Waals surface area (Å²) in [6, 6.07) is 1.95. The molecule has 2 rings (SSSR count). The third-order valence-electron chi connectivity index (χ3n) is 3.54. The molecule has 1 heterocycles. The van der Waals surface area contributed by atoms with Crippen LogP contribution in [-0.4, -0.2) is 16.3 Å². The van der Waals surface area contributed by atoms with Gasteiger partial charge in [-0.1, -0.05) is 17.5 Å². The second kappa shape index (κ2) is 6.12. The van der Waals surface area contributed by atoms with Gasteiger partial charge >= 0.3 is 6.18 Å². The molecule has 0 spiro atoms. The average Bonchev–Trinajstić information content (AvgIpc) is 2.45. The number of carbonyl (C=O) groups is 1. The van der Waals surface area contributed by atoms with Crippen LogP contribution in [0, 0.1) is 12.3 Å². The summed E-state index contributed by atoms with van der Waals surface area (Å²) < 4.78 is 40.0. The van der Waals surface area contributed by atoms with Crippen LogP contribution in [-0.2, 0) is 6.18 Å². The molecule has 0 fully saturated rings. The lowest BCUT2D eigenvalue weighted by atomic mass is 9.99. The topological polar surface area (TPSA) is 62.0 Å². The molecule has 0 aliphatic heterocycles. The highest BCUT2D eigenvalue weighted by Gasteiger charge is 2.35. The zero-order chi connectivity index (χ0) is 19.2. The first kappa shape index (κ1) is 18.9. The summed E-state index contributed by atoms with van der Waals surface area (Å²) in [5, 5.41) is 2.56. The number of fused-ring (bicyclic) bond motifs is 1. The lowest BCUT2D eigenvalue weighted by Crippen LogP contribution is -2.32. The Labute approximate surface area is 146 Å². The van der Waals surface area contributed by atoms with Crippen LogP contribution < -0.4 is 10.9 Å². The fourth-order valence-corrected chi connectivity index (χ4v) is 2.62. The number of H-pyrrole nitrogens is 1. The minimum absolute atomic E-state index is 0.0482. The summed E-state index contributed by atoms with van der Waals surface area (Å²) in [5.41, 5.74) is -3.94. The van der Waals surface area contributed by atoms with E-state index in [1.54, 1.807) is 13.8 Å². The first-order valence-electron chi connectivity index (χ1n) is 7.11. The highest BCUT2D eigenvalue weighted by Crippen LogP contribution is 2.39. The SMILES string of the molecule is C#CC(C)(C)Nc1c(C(C)=O)c(=O)[nH]c2c(C(F)(F)F)cc(Cl)cc12. The molecule has 4 nitrogen and oxygen atoms in total. The molecule has 2 N–H and O–H groups in total. The Morgan fingerprint density at radius 2 is 1.92 bits per heavy atom. The molecular formula is C17H14ClF3N2O2. The van der Waals surface area contributed by atoms with Gasteiger partial charge < -0.3 is 10.3 Å². The fraction of sp³-hybridized carbons (Fsp3) is 0.294. The summed E-state index contributed by atoms with van der Waals surface area (Å²) in [5.74, 6) is 1.79. The number of hydrogen-bond acceptors (Lipinski definition) is 3. The number of hydrogen-bond donors (Lipinski definition) is 2. The van der Waals surface area contributed by atoms with Crippen LogP contribution in [0.2, 0.25) is 5.02 Å². The zero-order valence-corrected chi connectivity index (χ0v) is 14.3. The third-order valence-corrected chi connectivity index (χ3v) is 3.76. The first-order chi connectivity index (χ1) is 11.4. The van der Waals surface area contributed by atoms with Crippen LogP contribution >= 0.6 is 11.6 Å². The first-order valence-corrected chi connectivity index (χ1v) is 7.49. The van der Waals surface area contributed by atoms with Gasteiger partial charge in [0.1, 0.15) is 5.56 Å². The molecule has 0 atom stereocenters. The zero-order valence-electron chi connectivity index (χ0n) is 13.6. The Kier molecular flexibility index (Phi) is 4.62. The predicted molar refractivity (Wildman–Crippen MR) is 91.1 cm³/mol. The van der Waals surface area contributed by atoms with Gasteiger partial charge in [-0.05, 0) is 32.9 Å². The molecule has 0 saturated heterocycles. The van der Waals surface area contributed by atoms with Crippen molar-refractivity contribution in [2.75, 3.05) is 5.32 Å². The van der Waals surface area contributed by atoms with Crippen molar-refractivity contribution in [2.24, 2.45) is 0 Å². The Bertz CT molecular complexity index is 969. The normalized spacial score (nSPS) is 12.1. The molecule has 1 aromatic heterocycles. The minimum Gasteiger partial charge on any atom is -0.368 e. The fourth-order valence-electron chi connectivity index (χ4n) is 2.40. The van der Waals surface area contributed by atoms with Gasteiger partial charge in [-0.3, -0.25) is 9.59 Å². The van der Waals surface area contributed by atoms with Crippen molar-refractivity contribution < 1.29 is 18.0 Å². The van der Waals surface area contributed by atoms with Gasteiger partial charge in [0.25, 0.3) is 5.56 Å². The molecule has 2 aromatic rings. The summed E-state index contributed by atoms with van der Waals surface area (Å²) in [7, 11) is 0. The second-order valence-corrected chi connectivity index (χ2v) is 6.46. The van der Waals surface area contributed by atoms with Crippen molar-refractivity contribution in [3.63, 3.8) is 0 Å². The van der Waals surface area contributed by atoms with E-state index in [1.165, 1.54) is 6.07 Å². The van der Waals surface area contributed by atoms with Crippen molar-refractivity contribution >= 4 is 34.0 Å². The van der Waals surface area contributed by atoms with Crippen LogP contribution in [0.3, 0.4) is 0 Å². The minimum atomic E-state index is -4.75. The predicted octanol–water partition coefficient (Wildman–Crippen LogP) is 4.23. The van der Waals surface area contributed by atoms with Crippen LogP contribution in [0.25, 0.3) is 10.9 Å². The van der Waals surface area contributed by atoms with Gasteiger partial charge in [-0.2, -0.15) is 13.2 Å². The van der Waals surface area contributed by atoms with Gasteiger partial charge in [0, 0.05) is 10.4 Å². The van der Waals surface area contributed by atoms with E-state index in [0.717, 1.165) is 6.92 Å². The molecule has 132 valence electrons. The number of pyridine rings is 1. The van der Waals surface area contributed by atoms with E-state index in [9.17, 15) is 22.8 Å².